The van der Waals surface area contributed by atoms with E-state index in [1.165, 1.54) is 0 Å². The van der Waals surface area contributed by atoms with Crippen LogP contribution >= 0.6 is 0 Å². The van der Waals surface area contributed by atoms with Crippen molar-refractivity contribution in [1.29, 1.82) is 0 Å². The number of phenols is 1. The monoisotopic (exact) mass is 238 g/mol. The first-order valence-electron chi connectivity index (χ1n) is 5.88. The topological polar surface area (TPSA) is 38.1 Å². The predicted octanol–water partition coefficient (Wildman–Crippen LogP) is 3.25. The summed E-state index contributed by atoms with van der Waals surface area (Å²) < 4.78 is 2.12. The minimum Gasteiger partial charge on any atom is -0.508 e. The highest BCUT2D eigenvalue weighted by atomic mass is 16.3. The summed E-state index contributed by atoms with van der Waals surface area (Å²) in [6.07, 6.45) is 1.79. The number of rotatable bonds is 1. The van der Waals surface area contributed by atoms with Crippen LogP contribution < -0.4 is 0 Å². The first kappa shape index (κ1) is 10.8. The molecule has 0 amide bonds. The second kappa shape index (κ2) is 3.88. The minimum atomic E-state index is 0.283. The molecule has 1 N–H and O–H groups in total. The van der Waals surface area contributed by atoms with E-state index in [-0.39, 0.29) is 5.75 Å². The van der Waals surface area contributed by atoms with E-state index in [4.69, 9.17) is 0 Å². The van der Waals surface area contributed by atoms with E-state index in [2.05, 4.69) is 16.5 Å². The molecule has 0 aliphatic rings. The average Bonchev–Trinajstić information content (AvgIpc) is 2.63. The lowest BCUT2D eigenvalue weighted by molar-refractivity contribution is 0.476. The zero-order chi connectivity index (χ0) is 12.7. The summed E-state index contributed by atoms with van der Waals surface area (Å²) in [5, 5.41) is 10.7. The summed E-state index contributed by atoms with van der Waals surface area (Å²) in [6, 6.07) is 11.3. The number of nitrogens with zero attached hydrogens (tertiary/aromatic N) is 2. The largest absolute Gasteiger partial charge is 0.508 e. The predicted molar refractivity (Wildman–Crippen MR) is 72.6 cm³/mol. The number of hydrogen-bond acceptors (Lipinski definition) is 2. The van der Waals surface area contributed by atoms with E-state index in [0.29, 0.717) is 0 Å². The van der Waals surface area contributed by atoms with Gasteiger partial charge in [0.05, 0.1) is 5.69 Å². The van der Waals surface area contributed by atoms with Gasteiger partial charge in [-0.2, -0.15) is 0 Å². The molecule has 90 valence electrons. The third-order valence-electron chi connectivity index (χ3n) is 3.40. The van der Waals surface area contributed by atoms with Gasteiger partial charge in [0, 0.05) is 35.4 Å². The maximum Gasteiger partial charge on any atom is 0.116 e. The van der Waals surface area contributed by atoms with Crippen molar-refractivity contribution < 1.29 is 5.11 Å². The highest BCUT2D eigenvalue weighted by molar-refractivity contribution is 5.97. The lowest BCUT2D eigenvalue weighted by Gasteiger charge is -2.01. The van der Waals surface area contributed by atoms with Crippen LogP contribution in [0.15, 0.2) is 42.6 Å². The van der Waals surface area contributed by atoms with Crippen molar-refractivity contribution in [1.82, 2.24) is 9.55 Å². The number of hydrogen-bond donors (Lipinski definition) is 1. The Labute approximate surface area is 105 Å². The van der Waals surface area contributed by atoms with E-state index >= 15 is 0 Å². The van der Waals surface area contributed by atoms with Crippen molar-refractivity contribution in [3.63, 3.8) is 0 Å². The Hall–Kier alpha value is -2.29. The normalized spacial score (nSPS) is 11.0. The third-order valence-corrected chi connectivity index (χ3v) is 3.40. The summed E-state index contributed by atoms with van der Waals surface area (Å²) in [6.45, 7) is 2.07. The molecule has 0 atom stereocenters. The highest BCUT2D eigenvalue weighted by Gasteiger charge is 2.14. The van der Waals surface area contributed by atoms with Crippen LogP contribution in [0.5, 0.6) is 5.75 Å². The fraction of sp³-hybridized carbons (Fsp3) is 0.133. The maximum absolute atomic E-state index is 9.67. The summed E-state index contributed by atoms with van der Waals surface area (Å²) in [7, 11) is 2.03. The zero-order valence-electron chi connectivity index (χ0n) is 10.4. The summed E-state index contributed by atoms with van der Waals surface area (Å²) in [5.74, 6) is 0.283. The van der Waals surface area contributed by atoms with Crippen molar-refractivity contribution in [2.45, 2.75) is 6.92 Å². The Kier molecular flexibility index (Phi) is 2.33. The standard InChI is InChI=1S/C15H14N2O/c1-10-15(13-5-3-4-8-16-13)12-9-11(18)6-7-14(12)17(10)2/h3-9,18H,1-2H3. The molecule has 0 aliphatic carbocycles. The van der Waals surface area contributed by atoms with Gasteiger partial charge in [-0.3, -0.25) is 4.98 Å². The first-order valence-corrected chi connectivity index (χ1v) is 5.88. The Bertz CT molecular complexity index is 714. The lowest BCUT2D eigenvalue weighted by atomic mass is 10.1. The highest BCUT2D eigenvalue weighted by Crippen LogP contribution is 2.34. The zero-order valence-corrected chi connectivity index (χ0v) is 10.4. The smallest absolute Gasteiger partial charge is 0.116 e. The summed E-state index contributed by atoms with van der Waals surface area (Å²) >= 11 is 0. The molecule has 0 spiro atoms. The quantitative estimate of drug-likeness (QED) is 0.706. The van der Waals surface area contributed by atoms with Gasteiger partial charge < -0.3 is 9.67 Å². The Balaban J connectivity index is 2.42. The van der Waals surface area contributed by atoms with Crippen LogP contribution in [-0.4, -0.2) is 14.7 Å². The molecule has 1 aromatic carbocycles. The number of benzene rings is 1. The Morgan fingerprint density at radius 2 is 2.00 bits per heavy atom. The van der Waals surface area contributed by atoms with Crippen molar-refractivity contribution in [3.8, 4) is 17.0 Å². The number of pyridine rings is 1. The van der Waals surface area contributed by atoms with Crippen molar-refractivity contribution in [3.05, 3.63) is 48.3 Å². The van der Waals surface area contributed by atoms with Gasteiger partial charge in [-0.15, -0.1) is 0 Å². The molecular weight excluding hydrogens is 224 g/mol. The number of fused-ring (bicyclic) bond motifs is 1. The molecule has 3 heteroatoms. The average molecular weight is 238 g/mol. The van der Waals surface area contributed by atoms with Gasteiger partial charge in [0.25, 0.3) is 0 Å². The minimum absolute atomic E-state index is 0.283. The van der Waals surface area contributed by atoms with E-state index in [9.17, 15) is 5.11 Å². The number of aromatic nitrogens is 2. The fourth-order valence-electron chi connectivity index (χ4n) is 2.39. The van der Waals surface area contributed by atoms with Gasteiger partial charge in [-0.1, -0.05) is 6.07 Å². The van der Waals surface area contributed by atoms with Gasteiger partial charge >= 0.3 is 0 Å². The summed E-state index contributed by atoms with van der Waals surface area (Å²) in [5.41, 5.74) is 4.27. The SMILES string of the molecule is Cc1c(-c2ccccn2)c2cc(O)ccc2n1C. The van der Waals surface area contributed by atoms with Crippen molar-refractivity contribution in [2.75, 3.05) is 0 Å². The second-order valence-electron chi connectivity index (χ2n) is 4.44. The van der Waals surface area contributed by atoms with Crippen LogP contribution in [-0.2, 0) is 7.05 Å². The number of aromatic hydroxyl groups is 1. The Morgan fingerprint density at radius 1 is 1.17 bits per heavy atom. The summed E-state index contributed by atoms with van der Waals surface area (Å²) in [4.78, 5) is 4.41. The van der Waals surface area contributed by atoms with E-state index in [1.807, 2.05) is 31.3 Å². The molecule has 0 saturated heterocycles. The van der Waals surface area contributed by atoms with Crippen LogP contribution in [0.1, 0.15) is 5.69 Å². The molecule has 0 aliphatic heterocycles. The van der Waals surface area contributed by atoms with Crippen molar-refractivity contribution >= 4 is 10.9 Å². The molecule has 0 radical (unpaired) electrons. The van der Waals surface area contributed by atoms with Gasteiger partial charge in [0.15, 0.2) is 0 Å². The Morgan fingerprint density at radius 3 is 2.72 bits per heavy atom. The van der Waals surface area contributed by atoms with Gasteiger partial charge in [0.1, 0.15) is 5.75 Å². The van der Waals surface area contributed by atoms with Crippen LogP contribution in [0.3, 0.4) is 0 Å². The molecule has 3 nitrogen and oxygen atoms in total. The maximum atomic E-state index is 9.67. The molecule has 3 rings (SSSR count). The molecule has 2 aromatic heterocycles. The molecule has 3 aromatic rings. The van der Waals surface area contributed by atoms with Crippen LogP contribution in [0.2, 0.25) is 0 Å². The number of aryl methyl sites for hydroxylation is 1. The second-order valence-corrected chi connectivity index (χ2v) is 4.44. The van der Waals surface area contributed by atoms with Crippen molar-refractivity contribution in [2.24, 2.45) is 7.05 Å². The molecule has 0 bridgehead atoms. The fourth-order valence-corrected chi connectivity index (χ4v) is 2.39. The van der Waals surface area contributed by atoms with Crippen LogP contribution in [0.25, 0.3) is 22.2 Å². The van der Waals surface area contributed by atoms with Crippen LogP contribution in [0, 0.1) is 6.92 Å². The third kappa shape index (κ3) is 1.48. The van der Waals surface area contributed by atoms with Crippen LogP contribution in [0.4, 0.5) is 0 Å². The van der Waals surface area contributed by atoms with Gasteiger partial charge in [0.2, 0.25) is 0 Å². The lowest BCUT2D eigenvalue weighted by Crippen LogP contribution is -1.91. The number of phenolic OH excluding ortho intramolecular Hbond substituents is 1. The molecule has 0 saturated carbocycles. The molecule has 0 fully saturated rings. The molecule has 2 heterocycles. The van der Waals surface area contributed by atoms with E-state index in [1.54, 1.807) is 18.3 Å². The van der Waals surface area contributed by atoms with E-state index < -0.39 is 0 Å². The van der Waals surface area contributed by atoms with E-state index in [0.717, 1.165) is 27.9 Å². The molecular formula is C15H14N2O. The van der Waals surface area contributed by atoms with Gasteiger partial charge in [-0.05, 0) is 37.3 Å². The molecule has 18 heavy (non-hydrogen) atoms. The molecule has 0 unspecified atom stereocenters. The first-order chi connectivity index (χ1) is 8.68. The van der Waals surface area contributed by atoms with Gasteiger partial charge in [-0.25, -0.2) is 0 Å².